The van der Waals surface area contributed by atoms with Crippen molar-refractivity contribution in [2.45, 2.75) is 46.2 Å². The summed E-state index contributed by atoms with van der Waals surface area (Å²) in [6.45, 7) is 6.34. The number of hydrogen-bond donors (Lipinski definition) is 1. The first-order valence-electron chi connectivity index (χ1n) is 10.9. The highest BCUT2D eigenvalue weighted by molar-refractivity contribution is 5.79. The summed E-state index contributed by atoms with van der Waals surface area (Å²) in [7, 11) is 0. The SMILES string of the molecule is CC[C@H](C)NC(=O)Cc1c(C)n(Cc2ccccc2)c2nc(-c3ccccc3)nn2c1=O. The molecular formula is C25H27N5O2. The van der Waals surface area contributed by atoms with Crippen LogP contribution < -0.4 is 10.9 Å². The minimum Gasteiger partial charge on any atom is -0.353 e. The Balaban J connectivity index is 1.86. The van der Waals surface area contributed by atoms with E-state index in [-0.39, 0.29) is 23.9 Å². The lowest BCUT2D eigenvalue weighted by Crippen LogP contribution is -2.36. The molecule has 0 radical (unpaired) electrons. The van der Waals surface area contributed by atoms with Gasteiger partial charge in [0, 0.05) is 22.9 Å². The summed E-state index contributed by atoms with van der Waals surface area (Å²) >= 11 is 0. The molecule has 0 saturated carbocycles. The number of carbonyl (C=O) groups excluding carboxylic acids is 1. The molecule has 1 N–H and O–H groups in total. The molecule has 0 aliphatic heterocycles. The second kappa shape index (κ2) is 9.18. The summed E-state index contributed by atoms with van der Waals surface area (Å²) in [6, 6.07) is 19.6. The van der Waals surface area contributed by atoms with Crippen LogP contribution in [0.15, 0.2) is 65.5 Å². The van der Waals surface area contributed by atoms with Crippen molar-refractivity contribution in [3.8, 4) is 11.4 Å². The van der Waals surface area contributed by atoms with Gasteiger partial charge in [-0.2, -0.15) is 9.50 Å². The van der Waals surface area contributed by atoms with Crippen LogP contribution in [-0.2, 0) is 17.8 Å². The fourth-order valence-electron chi connectivity index (χ4n) is 3.67. The van der Waals surface area contributed by atoms with Crippen LogP contribution in [-0.4, -0.2) is 31.1 Å². The van der Waals surface area contributed by atoms with Gasteiger partial charge in [-0.05, 0) is 25.8 Å². The zero-order valence-electron chi connectivity index (χ0n) is 18.6. The summed E-state index contributed by atoms with van der Waals surface area (Å²) in [6.07, 6.45) is 0.825. The third-order valence-electron chi connectivity index (χ3n) is 5.70. The van der Waals surface area contributed by atoms with Crippen molar-refractivity contribution in [3.05, 3.63) is 87.8 Å². The largest absolute Gasteiger partial charge is 0.353 e. The van der Waals surface area contributed by atoms with Gasteiger partial charge in [-0.1, -0.05) is 67.6 Å². The van der Waals surface area contributed by atoms with E-state index in [1.165, 1.54) is 4.52 Å². The van der Waals surface area contributed by atoms with E-state index in [1.807, 2.05) is 86.0 Å². The number of nitrogens with one attached hydrogen (secondary N) is 1. The molecule has 2 aromatic carbocycles. The van der Waals surface area contributed by atoms with E-state index in [2.05, 4.69) is 10.4 Å². The molecule has 0 bridgehead atoms. The first-order chi connectivity index (χ1) is 15.5. The predicted octanol–water partition coefficient (Wildman–Crippen LogP) is 3.37. The van der Waals surface area contributed by atoms with Gasteiger partial charge in [-0.3, -0.25) is 9.59 Å². The van der Waals surface area contributed by atoms with Gasteiger partial charge in [0.15, 0.2) is 5.82 Å². The fourth-order valence-corrected chi connectivity index (χ4v) is 3.67. The Morgan fingerprint density at radius 1 is 1.06 bits per heavy atom. The Hall–Kier alpha value is -3.74. The van der Waals surface area contributed by atoms with Crippen molar-refractivity contribution in [2.24, 2.45) is 0 Å². The van der Waals surface area contributed by atoms with Gasteiger partial charge in [0.05, 0.1) is 13.0 Å². The highest BCUT2D eigenvalue weighted by atomic mass is 16.2. The van der Waals surface area contributed by atoms with Crippen LogP contribution in [0.4, 0.5) is 0 Å². The van der Waals surface area contributed by atoms with Crippen molar-refractivity contribution >= 4 is 11.7 Å². The van der Waals surface area contributed by atoms with E-state index in [0.29, 0.717) is 23.7 Å². The maximum absolute atomic E-state index is 13.4. The Labute approximate surface area is 186 Å². The van der Waals surface area contributed by atoms with Gasteiger partial charge in [0.2, 0.25) is 11.7 Å². The Bertz CT molecular complexity index is 1290. The van der Waals surface area contributed by atoms with Gasteiger partial charge < -0.3 is 9.88 Å². The number of amides is 1. The summed E-state index contributed by atoms with van der Waals surface area (Å²) in [5, 5.41) is 7.46. The normalized spacial score (nSPS) is 12.1. The molecule has 0 unspecified atom stereocenters. The zero-order chi connectivity index (χ0) is 22.7. The number of benzene rings is 2. The maximum Gasteiger partial charge on any atom is 0.279 e. The van der Waals surface area contributed by atoms with Crippen molar-refractivity contribution in [3.63, 3.8) is 0 Å². The van der Waals surface area contributed by atoms with E-state index in [1.54, 1.807) is 0 Å². The van der Waals surface area contributed by atoms with Gasteiger partial charge in [0.1, 0.15) is 0 Å². The molecule has 2 heterocycles. The van der Waals surface area contributed by atoms with E-state index < -0.39 is 0 Å². The lowest BCUT2D eigenvalue weighted by atomic mass is 10.1. The fraction of sp³-hybridized carbons (Fsp3) is 0.280. The number of fused-ring (bicyclic) bond motifs is 1. The molecule has 4 aromatic rings. The van der Waals surface area contributed by atoms with E-state index in [0.717, 1.165) is 23.2 Å². The molecule has 32 heavy (non-hydrogen) atoms. The average molecular weight is 430 g/mol. The molecule has 0 aliphatic carbocycles. The molecule has 164 valence electrons. The standard InChI is InChI=1S/C25H27N5O2/c1-4-17(2)26-22(31)15-21-18(3)29(16-19-11-7-5-8-12-19)25-27-23(28-30(25)24(21)32)20-13-9-6-10-14-20/h5-14,17H,4,15-16H2,1-3H3,(H,26,31)/t17-/m0/s1. The van der Waals surface area contributed by atoms with Crippen LogP contribution in [0.1, 0.15) is 37.1 Å². The second-order valence-corrected chi connectivity index (χ2v) is 8.01. The molecule has 1 amide bonds. The summed E-state index contributed by atoms with van der Waals surface area (Å²) in [5.74, 6) is 0.764. The third-order valence-corrected chi connectivity index (χ3v) is 5.70. The smallest absolute Gasteiger partial charge is 0.279 e. The second-order valence-electron chi connectivity index (χ2n) is 8.01. The molecule has 7 nitrogen and oxygen atoms in total. The van der Waals surface area contributed by atoms with Gasteiger partial charge in [-0.15, -0.1) is 5.10 Å². The lowest BCUT2D eigenvalue weighted by molar-refractivity contribution is -0.121. The molecule has 2 aromatic heterocycles. The topological polar surface area (TPSA) is 81.3 Å². The van der Waals surface area contributed by atoms with Gasteiger partial charge in [0.25, 0.3) is 5.56 Å². The van der Waals surface area contributed by atoms with Crippen molar-refractivity contribution < 1.29 is 4.79 Å². The number of nitrogens with zero attached hydrogens (tertiary/aromatic N) is 4. The summed E-state index contributed by atoms with van der Waals surface area (Å²) < 4.78 is 3.28. The first kappa shape index (κ1) is 21.5. The molecular weight excluding hydrogens is 402 g/mol. The maximum atomic E-state index is 13.4. The third kappa shape index (κ3) is 4.32. The Kier molecular flexibility index (Phi) is 6.16. The zero-order valence-corrected chi connectivity index (χ0v) is 18.6. The molecule has 7 heteroatoms. The molecule has 0 fully saturated rings. The molecule has 1 atom stereocenters. The van der Waals surface area contributed by atoms with Crippen molar-refractivity contribution in [1.29, 1.82) is 0 Å². The van der Waals surface area contributed by atoms with Crippen LogP contribution in [0.5, 0.6) is 0 Å². The van der Waals surface area contributed by atoms with Crippen LogP contribution in [0.2, 0.25) is 0 Å². The van der Waals surface area contributed by atoms with Crippen LogP contribution in [0, 0.1) is 6.92 Å². The highest BCUT2D eigenvalue weighted by Gasteiger charge is 2.21. The molecule has 0 spiro atoms. The van der Waals surface area contributed by atoms with E-state index >= 15 is 0 Å². The predicted molar refractivity (Wildman–Crippen MR) is 125 cm³/mol. The Morgan fingerprint density at radius 3 is 2.38 bits per heavy atom. The van der Waals surface area contributed by atoms with E-state index in [9.17, 15) is 9.59 Å². The van der Waals surface area contributed by atoms with Crippen LogP contribution >= 0.6 is 0 Å². The number of rotatable bonds is 7. The number of hydrogen-bond acceptors (Lipinski definition) is 4. The molecule has 4 rings (SSSR count). The number of carbonyl (C=O) groups is 1. The average Bonchev–Trinajstić information content (AvgIpc) is 3.26. The quantitative estimate of drug-likeness (QED) is 0.488. The van der Waals surface area contributed by atoms with Gasteiger partial charge >= 0.3 is 0 Å². The van der Waals surface area contributed by atoms with Crippen LogP contribution in [0.25, 0.3) is 17.2 Å². The number of aromatic nitrogens is 4. The monoisotopic (exact) mass is 429 g/mol. The summed E-state index contributed by atoms with van der Waals surface area (Å²) in [4.78, 5) is 30.7. The molecule has 0 aliphatic rings. The lowest BCUT2D eigenvalue weighted by Gasteiger charge is -2.16. The first-order valence-corrected chi connectivity index (χ1v) is 10.9. The summed E-state index contributed by atoms with van der Waals surface area (Å²) in [5.41, 5.74) is 2.74. The van der Waals surface area contributed by atoms with Crippen molar-refractivity contribution in [1.82, 2.24) is 24.5 Å². The van der Waals surface area contributed by atoms with Crippen LogP contribution in [0.3, 0.4) is 0 Å². The minimum atomic E-state index is -0.309. The van der Waals surface area contributed by atoms with E-state index in [4.69, 9.17) is 4.98 Å². The Morgan fingerprint density at radius 2 is 1.72 bits per heavy atom. The van der Waals surface area contributed by atoms with Crippen molar-refractivity contribution in [2.75, 3.05) is 0 Å². The highest BCUT2D eigenvalue weighted by Crippen LogP contribution is 2.18. The minimum absolute atomic E-state index is 0.000265. The van der Waals surface area contributed by atoms with Gasteiger partial charge in [-0.25, -0.2) is 0 Å². The molecule has 0 saturated heterocycles.